The Kier molecular flexibility index (Phi) is 7.76. The van der Waals surface area contributed by atoms with Crippen LogP contribution in [0.3, 0.4) is 0 Å². The van der Waals surface area contributed by atoms with Crippen LogP contribution in [0.15, 0.2) is 58.4 Å². The van der Waals surface area contributed by atoms with Crippen molar-refractivity contribution in [2.45, 2.75) is 52.3 Å². The standard InChI is InChI=1S/C28H32BrN3O3S/c1-17-8-10-20(31-21-15-32(16-21)27(34)35-28(3,4)5)14-22(17)26(33)30-18(2)19-9-11-24(29)23(13-19)25-7-6-12-36-25/h6-14,18,21,31H,15-16H2,1-5H3,(H,30,33)/t18-/m1/s1. The smallest absolute Gasteiger partial charge is 0.410 e. The summed E-state index contributed by atoms with van der Waals surface area (Å²) in [6.07, 6.45) is -0.298. The number of amides is 2. The van der Waals surface area contributed by atoms with E-state index in [0.717, 1.165) is 26.9 Å². The van der Waals surface area contributed by atoms with Gasteiger partial charge in [-0.3, -0.25) is 4.79 Å². The first-order valence-corrected chi connectivity index (χ1v) is 13.7. The van der Waals surface area contributed by atoms with Gasteiger partial charge in [-0.25, -0.2) is 4.79 Å². The molecule has 1 aliphatic heterocycles. The van der Waals surface area contributed by atoms with Gasteiger partial charge in [-0.05, 0) is 81.5 Å². The van der Waals surface area contributed by atoms with Crippen LogP contribution in [0.25, 0.3) is 10.4 Å². The van der Waals surface area contributed by atoms with Gasteiger partial charge in [0.25, 0.3) is 5.91 Å². The second-order valence-corrected chi connectivity index (χ2v) is 12.0. The maximum atomic E-state index is 13.2. The lowest BCUT2D eigenvalue weighted by atomic mass is 10.0. The molecule has 4 rings (SSSR count). The maximum Gasteiger partial charge on any atom is 0.410 e. The summed E-state index contributed by atoms with van der Waals surface area (Å²) in [5.74, 6) is -0.117. The Morgan fingerprint density at radius 1 is 1.14 bits per heavy atom. The van der Waals surface area contributed by atoms with Crippen LogP contribution in [0.5, 0.6) is 0 Å². The molecule has 2 aromatic carbocycles. The number of hydrogen-bond donors (Lipinski definition) is 2. The van der Waals surface area contributed by atoms with E-state index in [0.29, 0.717) is 18.7 Å². The molecule has 6 nitrogen and oxygen atoms in total. The van der Waals surface area contributed by atoms with Gasteiger partial charge in [0.1, 0.15) is 5.60 Å². The molecular weight excluding hydrogens is 538 g/mol. The molecule has 0 aliphatic carbocycles. The molecule has 36 heavy (non-hydrogen) atoms. The Morgan fingerprint density at radius 3 is 2.56 bits per heavy atom. The quantitative estimate of drug-likeness (QED) is 0.335. The molecule has 0 unspecified atom stereocenters. The molecule has 1 aliphatic rings. The Bertz CT molecular complexity index is 1250. The Labute approximate surface area is 225 Å². The fourth-order valence-corrected chi connectivity index (χ4v) is 5.38. The molecule has 1 fully saturated rings. The second-order valence-electron chi connectivity index (χ2n) is 10.2. The van der Waals surface area contributed by atoms with Crippen molar-refractivity contribution in [2.24, 2.45) is 0 Å². The molecule has 2 heterocycles. The number of rotatable bonds is 6. The molecule has 1 aromatic heterocycles. The average molecular weight is 571 g/mol. The third kappa shape index (κ3) is 6.28. The first-order valence-electron chi connectivity index (χ1n) is 12.0. The van der Waals surface area contributed by atoms with Crippen LogP contribution in [0, 0.1) is 6.92 Å². The van der Waals surface area contributed by atoms with Gasteiger partial charge in [0.15, 0.2) is 0 Å². The molecular formula is C28H32BrN3O3S. The number of likely N-dealkylation sites (tertiary alicyclic amines) is 1. The number of hydrogen-bond acceptors (Lipinski definition) is 5. The van der Waals surface area contributed by atoms with Crippen molar-refractivity contribution in [1.82, 2.24) is 10.2 Å². The number of thiophene rings is 1. The van der Waals surface area contributed by atoms with E-state index in [4.69, 9.17) is 4.74 Å². The predicted octanol–water partition coefficient (Wildman–Crippen LogP) is 7.01. The zero-order valence-corrected chi connectivity index (χ0v) is 23.6. The minimum atomic E-state index is -0.506. The van der Waals surface area contributed by atoms with Crippen molar-refractivity contribution in [3.8, 4) is 10.4 Å². The van der Waals surface area contributed by atoms with Crippen molar-refractivity contribution in [3.05, 3.63) is 75.1 Å². The summed E-state index contributed by atoms with van der Waals surface area (Å²) < 4.78 is 6.45. The minimum Gasteiger partial charge on any atom is -0.444 e. The highest BCUT2D eigenvalue weighted by atomic mass is 79.9. The van der Waals surface area contributed by atoms with Gasteiger partial charge in [-0.1, -0.05) is 34.1 Å². The third-order valence-electron chi connectivity index (χ3n) is 6.01. The summed E-state index contributed by atoms with van der Waals surface area (Å²) in [5.41, 5.74) is 4.05. The molecule has 0 bridgehead atoms. The summed E-state index contributed by atoms with van der Waals surface area (Å²) in [6, 6.07) is 16.1. The Balaban J connectivity index is 1.39. The number of carbonyl (C=O) groups excluding carboxylic acids is 2. The van der Waals surface area contributed by atoms with E-state index >= 15 is 0 Å². The number of carbonyl (C=O) groups is 2. The van der Waals surface area contributed by atoms with Gasteiger partial charge < -0.3 is 20.3 Å². The molecule has 8 heteroatoms. The van der Waals surface area contributed by atoms with Crippen LogP contribution >= 0.6 is 27.3 Å². The van der Waals surface area contributed by atoms with Crippen LogP contribution in [0.1, 0.15) is 55.2 Å². The van der Waals surface area contributed by atoms with Crippen LogP contribution in [0.2, 0.25) is 0 Å². The zero-order valence-electron chi connectivity index (χ0n) is 21.2. The SMILES string of the molecule is Cc1ccc(NC2CN(C(=O)OC(C)(C)C)C2)cc1C(=O)N[C@H](C)c1ccc(Br)c(-c2cccs2)c1. The Morgan fingerprint density at radius 2 is 1.89 bits per heavy atom. The van der Waals surface area contributed by atoms with E-state index in [1.54, 1.807) is 16.2 Å². The number of nitrogens with one attached hydrogen (secondary N) is 2. The van der Waals surface area contributed by atoms with Gasteiger partial charge in [0.2, 0.25) is 0 Å². The monoisotopic (exact) mass is 569 g/mol. The summed E-state index contributed by atoms with van der Waals surface area (Å²) in [5, 5.41) is 8.64. The highest BCUT2D eigenvalue weighted by Gasteiger charge is 2.33. The molecule has 1 saturated heterocycles. The van der Waals surface area contributed by atoms with E-state index in [9.17, 15) is 9.59 Å². The van der Waals surface area contributed by atoms with Crippen LogP contribution < -0.4 is 10.6 Å². The molecule has 3 aromatic rings. The van der Waals surface area contributed by atoms with Crippen LogP contribution in [0.4, 0.5) is 10.5 Å². The lowest BCUT2D eigenvalue weighted by molar-refractivity contribution is 0.0105. The fraction of sp³-hybridized carbons (Fsp3) is 0.357. The number of halogens is 1. The molecule has 1 atom stereocenters. The molecule has 2 amide bonds. The summed E-state index contributed by atoms with van der Waals surface area (Å²) in [7, 11) is 0. The van der Waals surface area contributed by atoms with Gasteiger partial charge in [-0.2, -0.15) is 0 Å². The lowest BCUT2D eigenvalue weighted by Crippen LogP contribution is -2.57. The number of aryl methyl sites for hydroxylation is 1. The fourth-order valence-electron chi connectivity index (χ4n) is 4.03. The largest absolute Gasteiger partial charge is 0.444 e. The highest BCUT2D eigenvalue weighted by Crippen LogP contribution is 2.34. The first kappa shape index (κ1) is 26.2. The normalized spacial score (nSPS) is 14.7. The number of benzene rings is 2. The van der Waals surface area contributed by atoms with Crippen molar-refractivity contribution >= 4 is 45.0 Å². The van der Waals surface area contributed by atoms with E-state index in [1.165, 1.54) is 4.88 Å². The van der Waals surface area contributed by atoms with E-state index in [-0.39, 0.29) is 24.1 Å². The summed E-state index contributed by atoms with van der Waals surface area (Å²) in [6.45, 7) is 10.6. The van der Waals surface area contributed by atoms with E-state index in [2.05, 4.69) is 44.1 Å². The van der Waals surface area contributed by atoms with Crippen molar-refractivity contribution in [2.75, 3.05) is 18.4 Å². The van der Waals surface area contributed by atoms with E-state index < -0.39 is 5.60 Å². The predicted molar refractivity (Wildman–Crippen MR) is 150 cm³/mol. The lowest BCUT2D eigenvalue weighted by Gasteiger charge is -2.40. The molecule has 190 valence electrons. The average Bonchev–Trinajstić information content (AvgIpc) is 3.30. The highest BCUT2D eigenvalue weighted by molar-refractivity contribution is 9.10. The summed E-state index contributed by atoms with van der Waals surface area (Å²) >= 11 is 5.33. The van der Waals surface area contributed by atoms with Crippen LogP contribution in [-0.2, 0) is 4.74 Å². The minimum absolute atomic E-state index is 0.117. The molecule has 0 radical (unpaired) electrons. The topological polar surface area (TPSA) is 70.7 Å². The number of anilines is 1. The van der Waals surface area contributed by atoms with E-state index in [1.807, 2.05) is 71.0 Å². The number of ether oxygens (including phenoxy) is 1. The van der Waals surface area contributed by atoms with Gasteiger partial charge >= 0.3 is 6.09 Å². The third-order valence-corrected chi connectivity index (χ3v) is 7.61. The van der Waals surface area contributed by atoms with Crippen molar-refractivity contribution in [3.63, 3.8) is 0 Å². The Hall–Kier alpha value is -2.84. The first-order chi connectivity index (χ1) is 17.0. The zero-order chi connectivity index (χ0) is 26.0. The molecule has 2 N–H and O–H groups in total. The van der Waals surface area contributed by atoms with Crippen molar-refractivity contribution in [1.29, 1.82) is 0 Å². The van der Waals surface area contributed by atoms with Crippen LogP contribution in [-0.4, -0.2) is 41.6 Å². The molecule has 0 spiro atoms. The van der Waals surface area contributed by atoms with Gasteiger partial charge in [-0.15, -0.1) is 11.3 Å². The van der Waals surface area contributed by atoms with Gasteiger partial charge in [0, 0.05) is 39.3 Å². The van der Waals surface area contributed by atoms with Gasteiger partial charge in [0.05, 0.1) is 12.1 Å². The molecule has 0 saturated carbocycles. The maximum absolute atomic E-state index is 13.2. The summed E-state index contributed by atoms with van der Waals surface area (Å²) in [4.78, 5) is 28.2. The number of nitrogens with zero attached hydrogens (tertiary/aromatic N) is 1. The second kappa shape index (κ2) is 10.6. The van der Waals surface area contributed by atoms with Crippen molar-refractivity contribution < 1.29 is 14.3 Å².